The van der Waals surface area contributed by atoms with Gasteiger partial charge in [0.2, 0.25) is 17.7 Å². The number of fused-ring (bicyclic) bond motifs is 1. The van der Waals surface area contributed by atoms with Crippen LogP contribution in [-0.4, -0.2) is 38.4 Å². The Kier molecular flexibility index (Phi) is 6.91. The van der Waals surface area contributed by atoms with Crippen LogP contribution >= 0.6 is 23.2 Å². The van der Waals surface area contributed by atoms with Crippen molar-refractivity contribution in [2.24, 2.45) is 17.8 Å². The van der Waals surface area contributed by atoms with Gasteiger partial charge >= 0.3 is 0 Å². The van der Waals surface area contributed by atoms with Crippen LogP contribution in [0.1, 0.15) is 38.7 Å². The normalized spacial score (nSPS) is 20.9. The standard InChI is InChI=1S/C24H26Cl2N4O3/c1-14(2)12-19(30-23(32)16-7-3-4-8-17(16)24(30)33)22(31)28-20-10-11-27-29(20)13-15-6-5-9-18(25)21(15)26/h3-6,9-11,14,16-17,19H,7-8,12-13H2,1-2H3,(H,28,31). The Morgan fingerprint density at radius 2 is 1.79 bits per heavy atom. The van der Waals surface area contributed by atoms with Gasteiger partial charge in [-0.25, -0.2) is 4.68 Å². The summed E-state index contributed by atoms with van der Waals surface area (Å²) in [4.78, 5) is 40.8. The third kappa shape index (κ3) is 4.70. The molecule has 2 aliphatic rings. The molecule has 3 atom stereocenters. The van der Waals surface area contributed by atoms with E-state index in [0.29, 0.717) is 41.7 Å². The zero-order valence-electron chi connectivity index (χ0n) is 18.5. The molecule has 1 aliphatic carbocycles. The predicted molar refractivity (Wildman–Crippen MR) is 127 cm³/mol. The molecule has 1 aliphatic heterocycles. The minimum atomic E-state index is -0.881. The maximum Gasteiger partial charge on any atom is 0.248 e. The molecule has 7 nitrogen and oxygen atoms in total. The maximum atomic E-state index is 13.4. The van der Waals surface area contributed by atoms with Crippen LogP contribution in [0.2, 0.25) is 10.0 Å². The van der Waals surface area contributed by atoms with E-state index in [2.05, 4.69) is 10.4 Å². The van der Waals surface area contributed by atoms with Crippen LogP contribution in [0.25, 0.3) is 0 Å². The van der Waals surface area contributed by atoms with Gasteiger partial charge in [0.15, 0.2) is 0 Å². The van der Waals surface area contributed by atoms with Crippen LogP contribution in [0.15, 0.2) is 42.6 Å². The first-order valence-corrected chi connectivity index (χ1v) is 11.8. The summed E-state index contributed by atoms with van der Waals surface area (Å²) < 4.78 is 1.60. The number of rotatable bonds is 7. The molecule has 3 unspecified atom stereocenters. The number of hydrogen-bond donors (Lipinski definition) is 1. The van der Waals surface area contributed by atoms with Crippen LogP contribution in [0.5, 0.6) is 0 Å². The summed E-state index contributed by atoms with van der Waals surface area (Å²) >= 11 is 12.4. The lowest BCUT2D eigenvalue weighted by molar-refractivity contribution is -0.147. The lowest BCUT2D eigenvalue weighted by Gasteiger charge is -2.27. The van der Waals surface area contributed by atoms with Crippen molar-refractivity contribution >= 4 is 46.7 Å². The number of imide groups is 1. The van der Waals surface area contributed by atoms with Crippen LogP contribution in [0, 0.1) is 17.8 Å². The largest absolute Gasteiger partial charge is 0.309 e. The van der Waals surface area contributed by atoms with Crippen molar-refractivity contribution < 1.29 is 14.4 Å². The Morgan fingerprint density at radius 1 is 1.12 bits per heavy atom. The van der Waals surface area contributed by atoms with Gasteiger partial charge in [-0.1, -0.05) is 61.3 Å². The highest BCUT2D eigenvalue weighted by molar-refractivity contribution is 6.42. The summed E-state index contributed by atoms with van der Waals surface area (Å²) in [5, 5.41) is 8.02. The molecule has 0 radical (unpaired) electrons. The predicted octanol–water partition coefficient (Wildman–Crippen LogP) is 4.54. The Morgan fingerprint density at radius 3 is 2.42 bits per heavy atom. The van der Waals surface area contributed by atoms with Crippen molar-refractivity contribution in [2.75, 3.05) is 5.32 Å². The van der Waals surface area contributed by atoms with E-state index in [-0.39, 0.29) is 29.6 Å². The molecule has 174 valence electrons. The molecule has 1 N–H and O–H groups in total. The fraction of sp³-hybridized carbons (Fsp3) is 0.417. The lowest BCUT2D eigenvalue weighted by Crippen LogP contribution is -2.48. The van der Waals surface area contributed by atoms with Crippen LogP contribution in [-0.2, 0) is 20.9 Å². The highest BCUT2D eigenvalue weighted by Crippen LogP contribution is 2.37. The fourth-order valence-corrected chi connectivity index (χ4v) is 4.90. The molecule has 1 saturated heterocycles. The number of carbonyl (C=O) groups is 3. The number of hydrogen-bond acceptors (Lipinski definition) is 4. The third-order valence-corrected chi connectivity index (χ3v) is 7.03. The van der Waals surface area contributed by atoms with Gasteiger partial charge in [0.25, 0.3) is 0 Å². The second-order valence-electron chi connectivity index (χ2n) is 8.92. The van der Waals surface area contributed by atoms with Gasteiger partial charge in [0.1, 0.15) is 11.9 Å². The molecule has 9 heteroatoms. The topological polar surface area (TPSA) is 84.3 Å². The number of amides is 3. The summed E-state index contributed by atoms with van der Waals surface area (Å²) in [7, 11) is 0. The van der Waals surface area contributed by atoms with Gasteiger partial charge in [-0.05, 0) is 36.8 Å². The van der Waals surface area contributed by atoms with Gasteiger partial charge in [-0.2, -0.15) is 5.10 Å². The second-order valence-corrected chi connectivity index (χ2v) is 9.71. The van der Waals surface area contributed by atoms with E-state index in [1.165, 1.54) is 4.90 Å². The monoisotopic (exact) mass is 488 g/mol. The summed E-state index contributed by atoms with van der Waals surface area (Å²) in [6, 6.07) is 6.12. The van der Waals surface area contributed by atoms with Gasteiger partial charge in [-0.3, -0.25) is 19.3 Å². The average molecular weight is 489 g/mol. The Labute approximate surface area is 202 Å². The van der Waals surface area contributed by atoms with Crippen molar-refractivity contribution in [3.05, 3.63) is 58.2 Å². The summed E-state index contributed by atoms with van der Waals surface area (Å²) in [5.74, 6) is -1.11. The van der Waals surface area contributed by atoms with E-state index < -0.39 is 11.9 Å². The molecule has 1 aromatic carbocycles. The first kappa shape index (κ1) is 23.5. The maximum absolute atomic E-state index is 13.4. The van der Waals surface area contributed by atoms with Gasteiger partial charge in [0.05, 0.1) is 34.6 Å². The summed E-state index contributed by atoms with van der Waals surface area (Å²) in [6.07, 6.45) is 6.89. The first-order chi connectivity index (χ1) is 15.8. The summed E-state index contributed by atoms with van der Waals surface area (Å²) in [6.45, 7) is 4.23. The minimum Gasteiger partial charge on any atom is -0.309 e. The lowest BCUT2D eigenvalue weighted by atomic mass is 9.85. The number of allylic oxidation sites excluding steroid dienone is 2. The quantitative estimate of drug-likeness (QED) is 0.457. The number of anilines is 1. The zero-order chi connectivity index (χ0) is 23.7. The number of nitrogens with one attached hydrogen (secondary N) is 1. The van der Waals surface area contributed by atoms with E-state index in [4.69, 9.17) is 23.2 Å². The fourth-order valence-electron chi connectivity index (χ4n) is 4.52. The molecule has 0 bridgehead atoms. The smallest absolute Gasteiger partial charge is 0.248 e. The molecule has 4 rings (SSSR count). The molecule has 33 heavy (non-hydrogen) atoms. The van der Waals surface area contributed by atoms with Crippen LogP contribution in [0.3, 0.4) is 0 Å². The average Bonchev–Trinajstić information content (AvgIpc) is 3.32. The van der Waals surface area contributed by atoms with E-state index >= 15 is 0 Å². The molecule has 1 fully saturated rings. The number of aromatic nitrogens is 2. The zero-order valence-corrected chi connectivity index (χ0v) is 20.0. The van der Waals surface area contributed by atoms with Crippen molar-refractivity contribution in [3.8, 4) is 0 Å². The number of benzene rings is 1. The van der Waals surface area contributed by atoms with Gasteiger partial charge in [-0.15, -0.1) is 0 Å². The van der Waals surface area contributed by atoms with Gasteiger partial charge < -0.3 is 5.32 Å². The number of likely N-dealkylation sites (tertiary alicyclic amines) is 1. The van der Waals surface area contributed by atoms with Crippen LogP contribution in [0.4, 0.5) is 5.82 Å². The third-order valence-electron chi connectivity index (χ3n) is 6.17. The molecule has 3 amide bonds. The molecule has 1 aromatic heterocycles. The van der Waals surface area contributed by atoms with Crippen molar-refractivity contribution in [3.63, 3.8) is 0 Å². The van der Waals surface area contributed by atoms with E-state index in [9.17, 15) is 14.4 Å². The summed E-state index contributed by atoms with van der Waals surface area (Å²) in [5.41, 5.74) is 0.753. The minimum absolute atomic E-state index is 0.109. The van der Waals surface area contributed by atoms with Crippen molar-refractivity contribution in [1.82, 2.24) is 14.7 Å². The first-order valence-electron chi connectivity index (χ1n) is 11.1. The van der Waals surface area contributed by atoms with Gasteiger partial charge in [0, 0.05) is 6.07 Å². The Bertz CT molecular complexity index is 1080. The van der Waals surface area contributed by atoms with E-state index in [0.717, 1.165) is 5.56 Å². The van der Waals surface area contributed by atoms with E-state index in [1.54, 1.807) is 29.1 Å². The highest BCUT2D eigenvalue weighted by atomic mass is 35.5. The number of carbonyl (C=O) groups excluding carboxylic acids is 3. The molecule has 2 heterocycles. The van der Waals surface area contributed by atoms with Crippen LogP contribution < -0.4 is 5.32 Å². The Hall–Kier alpha value is -2.64. The van der Waals surface area contributed by atoms with E-state index in [1.807, 2.05) is 32.1 Å². The Balaban J connectivity index is 1.56. The molecular weight excluding hydrogens is 463 g/mol. The highest BCUT2D eigenvalue weighted by Gasteiger charge is 2.51. The van der Waals surface area contributed by atoms with Crippen molar-refractivity contribution in [2.45, 2.75) is 45.7 Å². The molecule has 0 saturated carbocycles. The van der Waals surface area contributed by atoms with Crippen molar-refractivity contribution in [1.29, 1.82) is 0 Å². The molecular formula is C24H26Cl2N4O3. The molecule has 2 aromatic rings. The second kappa shape index (κ2) is 9.69. The SMILES string of the molecule is CC(C)CC(C(=O)Nc1ccnn1Cc1cccc(Cl)c1Cl)N1C(=O)C2CC=CCC2C1=O. The molecule has 0 spiro atoms. The number of halogens is 2. The number of nitrogens with zero attached hydrogens (tertiary/aromatic N) is 3.